The van der Waals surface area contributed by atoms with Gasteiger partial charge in [-0.25, -0.2) is 4.79 Å². The zero-order valence-electron chi connectivity index (χ0n) is 15.3. The Kier molecular flexibility index (Phi) is 6.02. The Hall–Kier alpha value is -3.24. The van der Waals surface area contributed by atoms with Crippen LogP contribution < -0.4 is 9.47 Å². The van der Waals surface area contributed by atoms with Gasteiger partial charge in [-0.1, -0.05) is 54.6 Å². The maximum absolute atomic E-state index is 11.7. The molecule has 142 valence electrons. The number of ether oxygens (including phenoxy) is 2. The third kappa shape index (κ3) is 4.18. The first-order valence-corrected chi connectivity index (χ1v) is 8.95. The van der Waals surface area contributed by atoms with Crippen molar-refractivity contribution in [2.75, 3.05) is 7.11 Å². The lowest BCUT2D eigenvalue weighted by Gasteiger charge is -2.18. The van der Waals surface area contributed by atoms with Gasteiger partial charge >= 0.3 is 5.97 Å². The second-order valence-electron chi connectivity index (χ2n) is 6.08. The van der Waals surface area contributed by atoms with Crippen LogP contribution in [0.4, 0.5) is 0 Å². The first-order valence-electron chi connectivity index (χ1n) is 8.57. The second-order valence-corrected chi connectivity index (χ2v) is 6.52. The molecular weight excluding hydrogens is 376 g/mol. The fourth-order valence-electron chi connectivity index (χ4n) is 2.92. The summed E-state index contributed by atoms with van der Waals surface area (Å²) >= 11 is 6.20. The number of aromatic carboxylic acids is 1. The fraction of sp³-hybridized carbons (Fsp3) is 0.0870. The van der Waals surface area contributed by atoms with Gasteiger partial charge in [0.2, 0.25) is 0 Å². The molecule has 3 aromatic rings. The van der Waals surface area contributed by atoms with E-state index in [1.807, 2.05) is 30.3 Å². The Labute approximate surface area is 168 Å². The number of carbonyl (C=O) groups is 1. The summed E-state index contributed by atoms with van der Waals surface area (Å²) in [5.41, 5.74) is 2.57. The monoisotopic (exact) mass is 394 g/mol. The van der Waals surface area contributed by atoms with Crippen LogP contribution in [-0.4, -0.2) is 18.2 Å². The van der Waals surface area contributed by atoms with Crippen LogP contribution in [0.5, 0.6) is 11.5 Å². The topological polar surface area (TPSA) is 55.8 Å². The average Bonchev–Trinajstić information content (AvgIpc) is 2.72. The fourth-order valence-corrected chi connectivity index (χ4v) is 3.10. The predicted octanol–water partition coefficient (Wildman–Crippen LogP) is 5.69. The SMILES string of the molecule is C=C(c1cc(Cl)ccc1OCc1ccccc1)c1c(OC)cccc1C(=O)O. The van der Waals surface area contributed by atoms with E-state index >= 15 is 0 Å². The summed E-state index contributed by atoms with van der Waals surface area (Å²) in [7, 11) is 1.49. The van der Waals surface area contributed by atoms with E-state index in [2.05, 4.69) is 6.58 Å². The number of carboxylic acid groups (broad SMARTS) is 1. The molecule has 0 aliphatic heterocycles. The van der Waals surface area contributed by atoms with Crippen molar-refractivity contribution >= 4 is 23.1 Å². The normalized spacial score (nSPS) is 10.4. The Balaban J connectivity index is 2.03. The van der Waals surface area contributed by atoms with Gasteiger partial charge < -0.3 is 14.6 Å². The van der Waals surface area contributed by atoms with E-state index in [4.69, 9.17) is 21.1 Å². The summed E-state index contributed by atoms with van der Waals surface area (Å²) in [5.74, 6) is -0.0942. The van der Waals surface area contributed by atoms with E-state index in [1.165, 1.54) is 13.2 Å². The molecule has 0 aliphatic carbocycles. The molecule has 0 fully saturated rings. The number of methoxy groups -OCH3 is 1. The highest BCUT2D eigenvalue weighted by Crippen LogP contribution is 2.38. The highest BCUT2D eigenvalue weighted by atomic mass is 35.5. The molecule has 5 heteroatoms. The molecule has 28 heavy (non-hydrogen) atoms. The Morgan fingerprint density at radius 2 is 1.75 bits per heavy atom. The van der Waals surface area contributed by atoms with Gasteiger partial charge in [-0.3, -0.25) is 0 Å². The Bertz CT molecular complexity index is 1010. The van der Waals surface area contributed by atoms with Gasteiger partial charge in [-0.2, -0.15) is 0 Å². The Morgan fingerprint density at radius 3 is 2.43 bits per heavy atom. The summed E-state index contributed by atoms with van der Waals surface area (Å²) in [6, 6.07) is 19.8. The van der Waals surface area contributed by atoms with Crippen LogP contribution in [0.25, 0.3) is 5.57 Å². The molecule has 0 unspecified atom stereocenters. The summed E-state index contributed by atoms with van der Waals surface area (Å²) < 4.78 is 11.4. The van der Waals surface area contributed by atoms with Gasteiger partial charge in [0.15, 0.2) is 0 Å². The molecule has 4 nitrogen and oxygen atoms in total. The molecule has 0 spiro atoms. The number of rotatable bonds is 7. The molecule has 0 amide bonds. The van der Waals surface area contributed by atoms with Crippen molar-refractivity contribution in [2.45, 2.75) is 6.61 Å². The predicted molar refractivity (Wildman–Crippen MR) is 110 cm³/mol. The largest absolute Gasteiger partial charge is 0.496 e. The molecule has 0 saturated carbocycles. The molecule has 3 aromatic carbocycles. The van der Waals surface area contributed by atoms with Crippen LogP contribution in [0.1, 0.15) is 27.0 Å². The maximum atomic E-state index is 11.7. The highest BCUT2D eigenvalue weighted by molar-refractivity contribution is 6.30. The van der Waals surface area contributed by atoms with Gasteiger partial charge in [0.25, 0.3) is 0 Å². The smallest absolute Gasteiger partial charge is 0.336 e. The molecule has 1 N–H and O–H groups in total. The van der Waals surface area contributed by atoms with Crippen molar-refractivity contribution in [3.05, 3.63) is 101 Å². The Morgan fingerprint density at radius 1 is 1.00 bits per heavy atom. The lowest BCUT2D eigenvalue weighted by atomic mass is 9.93. The van der Waals surface area contributed by atoms with E-state index in [0.29, 0.717) is 39.8 Å². The van der Waals surface area contributed by atoms with Crippen molar-refractivity contribution in [1.82, 2.24) is 0 Å². The van der Waals surface area contributed by atoms with Crippen molar-refractivity contribution in [3.8, 4) is 11.5 Å². The van der Waals surface area contributed by atoms with Gasteiger partial charge in [-0.15, -0.1) is 0 Å². The quantitative estimate of drug-likeness (QED) is 0.559. The second kappa shape index (κ2) is 8.63. The molecule has 0 aromatic heterocycles. The number of hydrogen-bond acceptors (Lipinski definition) is 3. The van der Waals surface area contributed by atoms with Gasteiger partial charge in [-0.05, 0) is 41.5 Å². The van der Waals surface area contributed by atoms with Crippen molar-refractivity contribution in [1.29, 1.82) is 0 Å². The first-order chi connectivity index (χ1) is 13.5. The molecule has 0 aliphatic rings. The lowest BCUT2D eigenvalue weighted by Crippen LogP contribution is -2.06. The molecule has 0 saturated heterocycles. The molecule has 0 heterocycles. The molecule has 0 radical (unpaired) electrons. The average molecular weight is 395 g/mol. The summed E-state index contributed by atoms with van der Waals surface area (Å²) in [6.45, 7) is 4.48. The third-order valence-electron chi connectivity index (χ3n) is 4.28. The van der Waals surface area contributed by atoms with Crippen LogP contribution in [-0.2, 0) is 6.61 Å². The van der Waals surface area contributed by atoms with Crippen LogP contribution in [0.3, 0.4) is 0 Å². The van der Waals surface area contributed by atoms with Crippen LogP contribution in [0.15, 0.2) is 73.3 Å². The van der Waals surface area contributed by atoms with Gasteiger partial charge in [0.05, 0.1) is 12.7 Å². The minimum atomic E-state index is -1.07. The molecule has 0 atom stereocenters. The van der Waals surface area contributed by atoms with E-state index < -0.39 is 5.97 Å². The first kappa shape index (κ1) is 19.5. The van der Waals surface area contributed by atoms with Gasteiger partial charge in [0, 0.05) is 16.1 Å². The third-order valence-corrected chi connectivity index (χ3v) is 4.52. The van der Waals surface area contributed by atoms with E-state index in [-0.39, 0.29) is 5.56 Å². The minimum absolute atomic E-state index is 0.0957. The van der Waals surface area contributed by atoms with Crippen LogP contribution >= 0.6 is 11.6 Å². The van der Waals surface area contributed by atoms with E-state index in [9.17, 15) is 9.90 Å². The lowest BCUT2D eigenvalue weighted by molar-refractivity contribution is 0.0696. The summed E-state index contributed by atoms with van der Waals surface area (Å²) in [5, 5.41) is 10.1. The van der Waals surface area contributed by atoms with E-state index in [0.717, 1.165) is 5.56 Å². The van der Waals surface area contributed by atoms with Crippen molar-refractivity contribution in [2.24, 2.45) is 0 Å². The van der Waals surface area contributed by atoms with Crippen LogP contribution in [0, 0.1) is 0 Å². The van der Waals surface area contributed by atoms with E-state index in [1.54, 1.807) is 30.3 Å². The highest BCUT2D eigenvalue weighted by Gasteiger charge is 2.21. The summed E-state index contributed by atoms with van der Waals surface area (Å²) in [6.07, 6.45) is 0. The number of benzene rings is 3. The molecule has 0 bridgehead atoms. The maximum Gasteiger partial charge on any atom is 0.336 e. The number of halogens is 1. The molecule has 3 rings (SSSR count). The minimum Gasteiger partial charge on any atom is -0.496 e. The number of carboxylic acids is 1. The zero-order chi connectivity index (χ0) is 20.1. The van der Waals surface area contributed by atoms with Gasteiger partial charge in [0.1, 0.15) is 18.1 Å². The summed E-state index contributed by atoms with van der Waals surface area (Å²) in [4.78, 5) is 11.7. The van der Waals surface area contributed by atoms with Crippen molar-refractivity contribution in [3.63, 3.8) is 0 Å². The standard InChI is InChI=1S/C23H19ClO4/c1-15(22-18(23(25)26)9-6-10-21(22)27-2)19-13-17(24)11-12-20(19)28-14-16-7-4-3-5-8-16/h3-13H,1,14H2,2H3,(H,25,26). The molecular formula is C23H19ClO4. The number of hydrogen-bond donors (Lipinski definition) is 1. The zero-order valence-corrected chi connectivity index (χ0v) is 16.1. The van der Waals surface area contributed by atoms with Crippen LogP contribution in [0.2, 0.25) is 5.02 Å². The van der Waals surface area contributed by atoms with Crippen molar-refractivity contribution < 1.29 is 19.4 Å².